The average Bonchev–Trinajstić information content (AvgIpc) is 2.57. The Labute approximate surface area is 178 Å². The van der Waals surface area contributed by atoms with Crippen molar-refractivity contribution in [1.29, 1.82) is 0 Å². The predicted octanol–water partition coefficient (Wildman–Crippen LogP) is 3.47. The van der Waals surface area contributed by atoms with Gasteiger partial charge in [-0.05, 0) is 64.8 Å². The molecule has 1 fully saturated rings. The molecule has 0 aromatic carbocycles. The Morgan fingerprint density at radius 1 is 1.27 bits per heavy atom. The fourth-order valence-corrected chi connectivity index (χ4v) is 3.63. The summed E-state index contributed by atoms with van der Waals surface area (Å²) in [4.78, 5) is 7.46. The minimum Gasteiger partial charge on any atom is -0.396 e. The molecule has 1 aliphatic heterocycles. The van der Waals surface area contributed by atoms with E-state index in [0.717, 1.165) is 50.8 Å². The average molecular weight is 482 g/mol. The van der Waals surface area contributed by atoms with Crippen LogP contribution >= 0.6 is 24.0 Å². The normalized spacial score (nSPS) is 20.4. The second-order valence-electron chi connectivity index (χ2n) is 8.25. The fourth-order valence-electron chi connectivity index (χ4n) is 3.63. The molecule has 0 aromatic heterocycles. The van der Waals surface area contributed by atoms with Gasteiger partial charge in [-0.3, -0.25) is 9.89 Å². The van der Waals surface area contributed by atoms with Gasteiger partial charge in [0.2, 0.25) is 0 Å². The maximum Gasteiger partial charge on any atom is 0.191 e. The molecular formula is C20H43IN4O. The number of rotatable bonds is 10. The molecule has 6 heteroatoms. The second-order valence-corrected chi connectivity index (χ2v) is 8.25. The van der Waals surface area contributed by atoms with Crippen molar-refractivity contribution >= 4 is 29.9 Å². The van der Waals surface area contributed by atoms with Crippen molar-refractivity contribution in [2.75, 3.05) is 39.3 Å². The number of likely N-dealkylation sites (tertiary alicyclic amines) is 1. The molecule has 0 aliphatic carbocycles. The zero-order valence-corrected chi connectivity index (χ0v) is 20.0. The van der Waals surface area contributed by atoms with Gasteiger partial charge in [0, 0.05) is 31.8 Å². The number of guanidine groups is 1. The van der Waals surface area contributed by atoms with E-state index in [0.29, 0.717) is 5.92 Å². The van der Waals surface area contributed by atoms with Crippen LogP contribution in [0.3, 0.4) is 0 Å². The molecule has 2 unspecified atom stereocenters. The first-order chi connectivity index (χ1) is 11.9. The molecule has 0 amide bonds. The van der Waals surface area contributed by atoms with Crippen LogP contribution in [0, 0.1) is 11.8 Å². The van der Waals surface area contributed by atoms with Crippen LogP contribution in [-0.2, 0) is 0 Å². The molecule has 1 saturated heterocycles. The van der Waals surface area contributed by atoms with Crippen molar-refractivity contribution in [3.8, 4) is 0 Å². The Hall–Kier alpha value is -0.0800. The summed E-state index contributed by atoms with van der Waals surface area (Å²) in [6.45, 7) is 16.4. The van der Waals surface area contributed by atoms with Gasteiger partial charge in [-0.15, -0.1) is 24.0 Å². The minimum absolute atomic E-state index is 0. The highest BCUT2D eigenvalue weighted by molar-refractivity contribution is 14.0. The minimum atomic E-state index is 0. The van der Waals surface area contributed by atoms with Crippen LogP contribution in [-0.4, -0.2) is 60.8 Å². The molecule has 1 rings (SSSR count). The standard InChI is InChI=1S/C20H42N4O.HI/c1-6-9-18(11-13-25)14-22-19(21-7-2)23-16-20(4,5)24-12-8-10-17(3)15-24;/h17-18,25H,6-16H2,1-5H3,(H2,21,22,23);1H. The van der Waals surface area contributed by atoms with Gasteiger partial charge in [0.15, 0.2) is 5.96 Å². The van der Waals surface area contributed by atoms with Crippen molar-refractivity contribution in [3.05, 3.63) is 0 Å². The van der Waals surface area contributed by atoms with E-state index in [2.05, 4.69) is 50.2 Å². The molecular weight excluding hydrogens is 439 g/mol. The van der Waals surface area contributed by atoms with E-state index in [4.69, 9.17) is 4.99 Å². The van der Waals surface area contributed by atoms with Gasteiger partial charge >= 0.3 is 0 Å². The van der Waals surface area contributed by atoms with Crippen molar-refractivity contribution in [2.45, 2.75) is 72.3 Å². The van der Waals surface area contributed by atoms with E-state index in [1.165, 1.54) is 25.9 Å². The predicted molar refractivity (Wildman–Crippen MR) is 124 cm³/mol. The lowest BCUT2D eigenvalue weighted by Crippen LogP contribution is -2.51. The van der Waals surface area contributed by atoms with Crippen molar-refractivity contribution in [2.24, 2.45) is 16.8 Å². The fraction of sp³-hybridized carbons (Fsp3) is 0.950. The molecule has 156 valence electrons. The summed E-state index contributed by atoms with van der Waals surface area (Å²) in [5.41, 5.74) is 0.0882. The Morgan fingerprint density at radius 2 is 2.00 bits per heavy atom. The molecule has 0 spiro atoms. The smallest absolute Gasteiger partial charge is 0.191 e. The zero-order chi connectivity index (χ0) is 18.7. The number of nitrogens with zero attached hydrogens (tertiary/aromatic N) is 2. The number of aliphatic hydroxyl groups excluding tert-OH is 1. The molecule has 1 aliphatic rings. The van der Waals surface area contributed by atoms with E-state index in [1.54, 1.807) is 0 Å². The molecule has 0 bridgehead atoms. The lowest BCUT2D eigenvalue weighted by Gasteiger charge is -2.42. The first-order valence-corrected chi connectivity index (χ1v) is 10.3. The van der Waals surface area contributed by atoms with E-state index < -0.39 is 0 Å². The number of halogens is 1. The van der Waals surface area contributed by atoms with Crippen LogP contribution in [0.1, 0.15) is 66.7 Å². The van der Waals surface area contributed by atoms with Crippen molar-refractivity contribution < 1.29 is 5.11 Å². The van der Waals surface area contributed by atoms with Crippen molar-refractivity contribution in [1.82, 2.24) is 15.5 Å². The van der Waals surface area contributed by atoms with Crippen LogP contribution in [0.5, 0.6) is 0 Å². The third-order valence-electron chi connectivity index (χ3n) is 5.27. The second kappa shape index (κ2) is 14.0. The highest BCUT2D eigenvalue weighted by Gasteiger charge is 2.30. The molecule has 1 heterocycles. The lowest BCUT2D eigenvalue weighted by molar-refractivity contribution is 0.0774. The molecule has 3 N–H and O–H groups in total. The van der Waals surface area contributed by atoms with E-state index in [1.807, 2.05) is 0 Å². The van der Waals surface area contributed by atoms with Crippen molar-refractivity contribution in [3.63, 3.8) is 0 Å². The van der Waals surface area contributed by atoms with Gasteiger partial charge in [-0.25, -0.2) is 0 Å². The quantitative estimate of drug-likeness (QED) is 0.254. The first kappa shape index (κ1) is 25.9. The zero-order valence-electron chi connectivity index (χ0n) is 17.7. The number of hydrogen-bond donors (Lipinski definition) is 3. The monoisotopic (exact) mass is 482 g/mol. The topological polar surface area (TPSA) is 59.9 Å². The lowest BCUT2D eigenvalue weighted by atomic mass is 9.94. The van der Waals surface area contributed by atoms with Crippen LogP contribution in [0.15, 0.2) is 4.99 Å². The summed E-state index contributed by atoms with van der Waals surface area (Å²) in [6, 6.07) is 0. The summed E-state index contributed by atoms with van der Waals surface area (Å²) >= 11 is 0. The highest BCUT2D eigenvalue weighted by Crippen LogP contribution is 2.24. The third kappa shape index (κ3) is 9.74. The Morgan fingerprint density at radius 3 is 2.58 bits per heavy atom. The summed E-state index contributed by atoms with van der Waals surface area (Å²) < 4.78 is 0. The Balaban J connectivity index is 0.00000625. The molecule has 0 saturated carbocycles. The van der Waals surface area contributed by atoms with Gasteiger partial charge in [-0.2, -0.15) is 0 Å². The largest absolute Gasteiger partial charge is 0.396 e. The van der Waals surface area contributed by atoms with Crippen LogP contribution < -0.4 is 10.6 Å². The number of hydrogen-bond acceptors (Lipinski definition) is 3. The maximum absolute atomic E-state index is 9.23. The number of aliphatic imine (C=N–C) groups is 1. The SMILES string of the molecule is CCCC(CCO)CNC(=NCC(C)(C)N1CCCC(C)C1)NCC.I. The van der Waals surface area contributed by atoms with Gasteiger partial charge in [0.1, 0.15) is 0 Å². The first-order valence-electron chi connectivity index (χ1n) is 10.3. The van der Waals surface area contributed by atoms with Crippen LogP contribution in [0.4, 0.5) is 0 Å². The third-order valence-corrected chi connectivity index (χ3v) is 5.27. The Kier molecular flexibility index (Phi) is 14.0. The number of aliphatic hydroxyl groups is 1. The van der Waals surface area contributed by atoms with Crippen LogP contribution in [0.2, 0.25) is 0 Å². The van der Waals surface area contributed by atoms with Gasteiger partial charge < -0.3 is 15.7 Å². The molecule has 5 nitrogen and oxygen atoms in total. The summed E-state index contributed by atoms with van der Waals surface area (Å²) in [5, 5.41) is 16.1. The number of nitrogens with one attached hydrogen (secondary N) is 2. The highest BCUT2D eigenvalue weighted by atomic mass is 127. The summed E-state index contributed by atoms with van der Waals surface area (Å²) in [7, 11) is 0. The van der Waals surface area contributed by atoms with E-state index in [-0.39, 0.29) is 36.1 Å². The van der Waals surface area contributed by atoms with E-state index in [9.17, 15) is 5.11 Å². The summed E-state index contributed by atoms with van der Waals surface area (Å²) in [6.07, 6.45) is 5.80. The van der Waals surface area contributed by atoms with Crippen LogP contribution in [0.25, 0.3) is 0 Å². The Bertz CT molecular complexity index is 384. The molecule has 0 radical (unpaired) electrons. The number of piperidine rings is 1. The summed E-state index contributed by atoms with van der Waals surface area (Å²) in [5.74, 6) is 2.20. The molecule has 0 aromatic rings. The maximum atomic E-state index is 9.23. The van der Waals surface area contributed by atoms with Gasteiger partial charge in [-0.1, -0.05) is 20.3 Å². The molecule has 26 heavy (non-hydrogen) atoms. The molecule has 2 atom stereocenters. The van der Waals surface area contributed by atoms with Gasteiger partial charge in [0.25, 0.3) is 0 Å². The van der Waals surface area contributed by atoms with Gasteiger partial charge in [0.05, 0.1) is 6.54 Å². The van der Waals surface area contributed by atoms with E-state index >= 15 is 0 Å².